The molecular weight excluding hydrogens is 464 g/mol. The Morgan fingerprint density at radius 3 is 2.67 bits per heavy atom. The van der Waals surface area contributed by atoms with Gasteiger partial charge in [0.2, 0.25) is 10.0 Å². The molecule has 9 nitrogen and oxygen atoms in total. The first-order chi connectivity index (χ1) is 15.8. The number of nitrogens with one attached hydrogen (secondary N) is 1. The molecule has 1 fully saturated rings. The van der Waals surface area contributed by atoms with E-state index in [1.165, 1.54) is 42.7 Å². The van der Waals surface area contributed by atoms with Crippen LogP contribution in [0.4, 0.5) is 9.93 Å². The number of methoxy groups -OCH3 is 1. The maximum atomic E-state index is 13.1. The molecule has 1 N–H and O–H groups in total. The van der Waals surface area contributed by atoms with Gasteiger partial charge in [-0.15, -0.1) is 0 Å². The number of nitrogens with zero attached hydrogens (tertiary/aromatic N) is 3. The molecule has 2 aliphatic heterocycles. The van der Waals surface area contributed by atoms with E-state index in [9.17, 15) is 18.0 Å². The van der Waals surface area contributed by atoms with Crippen molar-refractivity contribution in [3.63, 3.8) is 0 Å². The van der Waals surface area contributed by atoms with Crippen LogP contribution < -0.4 is 5.32 Å². The monoisotopic (exact) mass is 492 g/mol. The summed E-state index contributed by atoms with van der Waals surface area (Å²) in [4.78, 5) is 31.7. The first-order valence-electron chi connectivity index (χ1n) is 11.1. The van der Waals surface area contributed by atoms with Crippen molar-refractivity contribution in [1.29, 1.82) is 0 Å². The number of sulfonamides is 1. The fourth-order valence-corrected chi connectivity index (χ4v) is 7.10. The van der Waals surface area contributed by atoms with Crippen molar-refractivity contribution in [2.24, 2.45) is 0 Å². The van der Waals surface area contributed by atoms with E-state index in [0.717, 1.165) is 36.3 Å². The van der Waals surface area contributed by atoms with Crippen LogP contribution in [0.2, 0.25) is 0 Å². The third-order valence-corrected chi connectivity index (χ3v) is 9.12. The van der Waals surface area contributed by atoms with Gasteiger partial charge in [-0.05, 0) is 43.5 Å². The molecule has 178 valence electrons. The van der Waals surface area contributed by atoms with Crippen LogP contribution in [-0.4, -0.2) is 60.8 Å². The Morgan fingerprint density at radius 2 is 1.97 bits per heavy atom. The van der Waals surface area contributed by atoms with Crippen LogP contribution in [0.5, 0.6) is 0 Å². The second-order valence-electron chi connectivity index (χ2n) is 8.18. The molecule has 33 heavy (non-hydrogen) atoms. The predicted molar refractivity (Wildman–Crippen MR) is 125 cm³/mol. The van der Waals surface area contributed by atoms with Crippen LogP contribution in [0.1, 0.15) is 53.5 Å². The third-order valence-electron chi connectivity index (χ3n) is 6.15. The summed E-state index contributed by atoms with van der Waals surface area (Å²) in [7, 11) is -2.24. The average Bonchev–Trinajstić information content (AvgIpc) is 3.24. The first kappa shape index (κ1) is 23.7. The second kappa shape index (κ2) is 9.78. The minimum absolute atomic E-state index is 0.0257. The Kier molecular flexibility index (Phi) is 7.01. The molecule has 1 saturated heterocycles. The van der Waals surface area contributed by atoms with Gasteiger partial charge < -0.3 is 9.64 Å². The molecule has 2 amide bonds. The lowest BCUT2D eigenvalue weighted by atomic mass is 10.0. The van der Waals surface area contributed by atoms with Crippen LogP contribution in [0.25, 0.3) is 0 Å². The topological polar surface area (TPSA) is 109 Å². The molecule has 2 aliphatic rings. The van der Waals surface area contributed by atoms with E-state index in [2.05, 4.69) is 10.3 Å². The summed E-state index contributed by atoms with van der Waals surface area (Å²) in [5, 5.41) is 3.24. The maximum Gasteiger partial charge on any atom is 0.409 e. The van der Waals surface area contributed by atoms with Crippen LogP contribution in [-0.2, 0) is 27.7 Å². The number of thiazole rings is 1. The summed E-state index contributed by atoms with van der Waals surface area (Å²) in [6, 6.07) is 6.07. The number of carbonyl (C=O) groups excluding carboxylic acids is 2. The van der Waals surface area contributed by atoms with E-state index in [1.54, 1.807) is 9.21 Å². The summed E-state index contributed by atoms with van der Waals surface area (Å²) in [5.74, 6) is -0.362. The lowest BCUT2D eigenvalue weighted by Crippen LogP contribution is -2.43. The van der Waals surface area contributed by atoms with Crippen molar-refractivity contribution < 1.29 is 22.7 Å². The first-order valence-corrected chi connectivity index (χ1v) is 13.3. The Hall–Kier alpha value is -2.50. The second-order valence-corrected chi connectivity index (χ2v) is 11.2. The highest BCUT2D eigenvalue weighted by Gasteiger charge is 2.32. The molecule has 0 saturated carbocycles. The summed E-state index contributed by atoms with van der Waals surface area (Å²) < 4.78 is 32.6. The van der Waals surface area contributed by atoms with Gasteiger partial charge in [-0.1, -0.05) is 24.7 Å². The van der Waals surface area contributed by atoms with E-state index in [-0.39, 0.29) is 22.9 Å². The number of ether oxygens (including phenoxy) is 1. The number of carbonyl (C=O) groups is 2. The van der Waals surface area contributed by atoms with Gasteiger partial charge in [0.05, 0.1) is 24.2 Å². The number of rotatable bonds is 5. The summed E-state index contributed by atoms with van der Waals surface area (Å²) in [5.41, 5.74) is 1.22. The molecule has 1 unspecified atom stereocenters. The van der Waals surface area contributed by atoms with E-state index < -0.39 is 10.0 Å². The predicted octanol–water partition coefficient (Wildman–Crippen LogP) is 3.47. The van der Waals surface area contributed by atoms with E-state index in [0.29, 0.717) is 36.8 Å². The number of hydrogen-bond acceptors (Lipinski definition) is 7. The number of aromatic nitrogens is 1. The van der Waals surface area contributed by atoms with Gasteiger partial charge in [-0.25, -0.2) is 18.2 Å². The number of fused-ring (bicyclic) bond motifs is 1. The fraction of sp³-hybridized carbons (Fsp3) is 0.500. The SMILES string of the molecule is CCC1CCCCN1S(=O)(=O)c1ccc(C(=O)Nc2nc3c(s2)CN(C(=O)OC)CC3)cc1. The molecule has 0 bridgehead atoms. The minimum Gasteiger partial charge on any atom is -0.453 e. The molecule has 3 heterocycles. The lowest BCUT2D eigenvalue weighted by Gasteiger charge is -2.34. The van der Waals surface area contributed by atoms with Gasteiger partial charge >= 0.3 is 6.09 Å². The highest BCUT2D eigenvalue weighted by molar-refractivity contribution is 7.89. The zero-order chi connectivity index (χ0) is 23.6. The smallest absolute Gasteiger partial charge is 0.409 e. The summed E-state index contributed by atoms with van der Waals surface area (Å²) >= 11 is 1.32. The molecule has 0 spiro atoms. The third kappa shape index (κ3) is 4.90. The zero-order valence-corrected chi connectivity index (χ0v) is 20.4. The number of piperidine rings is 1. The number of anilines is 1. The largest absolute Gasteiger partial charge is 0.453 e. The van der Waals surface area contributed by atoms with E-state index >= 15 is 0 Å². The standard InChI is InChI=1S/C22H28N4O5S2/c1-3-16-6-4-5-12-26(16)33(29,30)17-9-7-15(8-10-17)20(27)24-21-23-18-11-13-25(22(28)31-2)14-19(18)32-21/h7-10,16H,3-6,11-14H2,1-2H3,(H,23,24,27). The minimum atomic E-state index is -3.59. The highest BCUT2D eigenvalue weighted by Crippen LogP contribution is 2.30. The van der Waals surface area contributed by atoms with Gasteiger partial charge in [-0.3, -0.25) is 10.1 Å². The van der Waals surface area contributed by atoms with Crippen LogP contribution in [0, 0.1) is 0 Å². The molecule has 1 aromatic carbocycles. The Bertz CT molecular complexity index is 1130. The van der Waals surface area contributed by atoms with Crippen LogP contribution in [0.3, 0.4) is 0 Å². The molecular formula is C22H28N4O5S2. The lowest BCUT2D eigenvalue weighted by molar-refractivity contribution is 0.102. The Morgan fingerprint density at radius 1 is 1.21 bits per heavy atom. The van der Waals surface area contributed by atoms with Crippen LogP contribution >= 0.6 is 11.3 Å². The van der Waals surface area contributed by atoms with E-state index in [1.807, 2.05) is 6.92 Å². The summed E-state index contributed by atoms with van der Waals surface area (Å²) in [6.45, 7) is 3.46. The van der Waals surface area contributed by atoms with Crippen molar-refractivity contribution in [3.05, 3.63) is 40.4 Å². The Balaban J connectivity index is 1.44. The van der Waals surface area contributed by atoms with Crippen molar-refractivity contribution in [3.8, 4) is 0 Å². The van der Waals surface area contributed by atoms with Gasteiger partial charge in [-0.2, -0.15) is 4.31 Å². The fourth-order valence-electron chi connectivity index (χ4n) is 4.32. The van der Waals surface area contributed by atoms with Crippen molar-refractivity contribution in [2.75, 3.05) is 25.5 Å². The molecule has 1 aromatic heterocycles. The number of hydrogen-bond donors (Lipinski definition) is 1. The molecule has 0 aliphatic carbocycles. The molecule has 4 rings (SSSR count). The van der Waals surface area contributed by atoms with Crippen molar-refractivity contribution in [1.82, 2.24) is 14.2 Å². The number of amides is 2. The van der Waals surface area contributed by atoms with Gasteiger partial charge in [0.1, 0.15) is 0 Å². The molecule has 2 aromatic rings. The quantitative estimate of drug-likeness (QED) is 0.685. The number of benzene rings is 1. The Labute approximate surface area is 197 Å². The van der Waals surface area contributed by atoms with Gasteiger partial charge in [0.25, 0.3) is 5.91 Å². The molecule has 0 radical (unpaired) electrons. The summed E-state index contributed by atoms with van der Waals surface area (Å²) in [6.07, 6.45) is 3.79. The van der Waals surface area contributed by atoms with Gasteiger partial charge in [0.15, 0.2) is 5.13 Å². The van der Waals surface area contributed by atoms with Crippen molar-refractivity contribution >= 4 is 38.5 Å². The van der Waals surface area contributed by atoms with Crippen LogP contribution in [0.15, 0.2) is 29.2 Å². The molecule has 11 heteroatoms. The van der Waals surface area contributed by atoms with E-state index in [4.69, 9.17) is 4.74 Å². The van der Waals surface area contributed by atoms with Gasteiger partial charge in [0, 0.05) is 36.0 Å². The normalized spacial score (nSPS) is 19.1. The maximum absolute atomic E-state index is 13.1. The highest BCUT2D eigenvalue weighted by atomic mass is 32.2. The zero-order valence-electron chi connectivity index (χ0n) is 18.7. The van der Waals surface area contributed by atoms with Crippen molar-refractivity contribution in [2.45, 2.75) is 56.5 Å². The molecule has 1 atom stereocenters. The average molecular weight is 493 g/mol.